The van der Waals surface area contributed by atoms with Crippen molar-refractivity contribution < 1.29 is 16.0 Å². The van der Waals surface area contributed by atoms with Gasteiger partial charge in [0.05, 0.1) is 9.07 Å². The quantitative estimate of drug-likeness (QED) is 0.684. The molecule has 0 unspecified atom stereocenters. The van der Waals surface area contributed by atoms with Crippen LogP contribution in [0.15, 0.2) is 15.9 Å². The fourth-order valence-corrected chi connectivity index (χ4v) is 2.34. The number of hydrogen-bond acceptors (Lipinski definition) is 4. The van der Waals surface area contributed by atoms with Crippen LogP contribution in [-0.4, -0.2) is 31.0 Å². The molecule has 0 bridgehead atoms. The van der Waals surface area contributed by atoms with Crippen LogP contribution in [0.2, 0.25) is 0 Å². The van der Waals surface area contributed by atoms with Crippen molar-refractivity contribution in [1.29, 1.82) is 0 Å². The van der Waals surface area contributed by atoms with Gasteiger partial charge in [0, 0.05) is 24.2 Å². The standard InChI is InChI=1S/C16H25FN4O3/c1-5-24-11-20-10-18-13-12(20)14(22)21(15(23)19(13)4)9-7-6-8-16(2,3)17/h10H,5-9,11H2,1-4H3/i4D3,11D2. The second kappa shape index (κ2) is 7.29. The van der Waals surface area contributed by atoms with E-state index >= 15 is 0 Å². The van der Waals surface area contributed by atoms with Crippen molar-refractivity contribution >= 4 is 11.2 Å². The number of halogens is 1. The minimum absolute atomic E-state index is 0.0151. The van der Waals surface area contributed by atoms with E-state index in [-0.39, 0.29) is 26.0 Å². The van der Waals surface area contributed by atoms with Gasteiger partial charge in [-0.05, 0) is 40.0 Å². The molecule has 24 heavy (non-hydrogen) atoms. The highest BCUT2D eigenvalue weighted by molar-refractivity contribution is 5.69. The third-order valence-corrected chi connectivity index (χ3v) is 3.54. The summed E-state index contributed by atoms with van der Waals surface area (Å²) < 4.78 is 59.5. The van der Waals surface area contributed by atoms with Gasteiger partial charge in [-0.3, -0.25) is 13.9 Å². The maximum Gasteiger partial charge on any atom is 0.332 e. The molecule has 2 aromatic rings. The van der Waals surface area contributed by atoms with E-state index < -0.39 is 41.7 Å². The number of unbranched alkanes of at least 4 members (excludes halogenated alkanes) is 1. The van der Waals surface area contributed by atoms with Crippen molar-refractivity contribution in [2.45, 2.75) is 58.9 Å². The van der Waals surface area contributed by atoms with E-state index in [1.54, 1.807) is 6.92 Å². The largest absolute Gasteiger partial charge is 0.361 e. The lowest BCUT2D eigenvalue weighted by atomic mass is 10.0. The molecular weight excluding hydrogens is 315 g/mol. The van der Waals surface area contributed by atoms with Crippen LogP contribution >= 0.6 is 0 Å². The number of ether oxygens (including phenoxy) is 1. The number of rotatable bonds is 8. The maximum atomic E-state index is 13.6. The summed E-state index contributed by atoms with van der Waals surface area (Å²) in [6.45, 7) is -1.18. The lowest BCUT2D eigenvalue weighted by molar-refractivity contribution is 0.0903. The molecule has 0 atom stereocenters. The van der Waals surface area contributed by atoms with Gasteiger partial charge in [-0.1, -0.05) is 0 Å². The fourth-order valence-electron chi connectivity index (χ4n) is 2.34. The average molecular weight is 345 g/mol. The summed E-state index contributed by atoms with van der Waals surface area (Å²) in [7, 11) is 0. The second-order valence-electron chi connectivity index (χ2n) is 6.06. The van der Waals surface area contributed by atoms with Crippen LogP contribution in [0.4, 0.5) is 4.39 Å². The van der Waals surface area contributed by atoms with Crippen molar-refractivity contribution in [1.82, 2.24) is 18.7 Å². The van der Waals surface area contributed by atoms with Crippen LogP contribution in [0.5, 0.6) is 0 Å². The van der Waals surface area contributed by atoms with Crippen molar-refractivity contribution in [2.24, 2.45) is 6.98 Å². The van der Waals surface area contributed by atoms with Crippen molar-refractivity contribution in [3.05, 3.63) is 27.2 Å². The number of aryl methyl sites for hydroxylation is 1. The monoisotopic (exact) mass is 345 g/mol. The minimum atomic E-state index is -2.94. The summed E-state index contributed by atoms with van der Waals surface area (Å²) in [6.07, 6.45) is 1.78. The Morgan fingerprint density at radius 1 is 1.42 bits per heavy atom. The van der Waals surface area contributed by atoms with Crippen LogP contribution < -0.4 is 11.2 Å². The molecule has 7 nitrogen and oxygen atoms in total. The molecule has 0 saturated heterocycles. The topological polar surface area (TPSA) is 71.0 Å². The third kappa shape index (κ3) is 3.92. The lowest BCUT2D eigenvalue weighted by Crippen LogP contribution is -2.39. The number of alkyl halides is 1. The first-order chi connectivity index (χ1) is 13.2. The van der Waals surface area contributed by atoms with Gasteiger partial charge in [0.25, 0.3) is 5.56 Å². The summed E-state index contributed by atoms with van der Waals surface area (Å²) in [5.41, 5.74) is -4.22. The second-order valence-corrected chi connectivity index (χ2v) is 6.06. The molecule has 0 aliphatic rings. The molecule has 0 N–H and O–H groups in total. The Morgan fingerprint density at radius 2 is 2.17 bits per heavy atom. The molecule has 0 spiro atoms. The molecular formula is C16H25FN4O3. The van der Waals surface area contributed by atoms with Gasteiger partial charge in [0.15, 0.2) is 11.2 Å². The molecule has 8 heteroatoms. The summed E-state index contributed by atoms with van der Waals surface area (Å²) in [5.74, 6) is 0. The van der Waals surface area contributed by atoms with Crippen LogP contribution in [0.3, 0.4) is 0 Å². The van der Waals surface area contributed by atoms with E-state index in [0.717, 1.165) is 15.5 Å². The number of hydrogen-bond donors (Lipinski definition) is 0. The Labute approximate surface area is 146 Å². The van der Waals surface area contributed by atoms with Gasteiger partial charge in [0.1, 0.15) is 12.4 Å². The van der Waals surface area contributed by atoms with Crippen molar-refractivity contribution in [2.75, 3.05) is 6.61 Å². The molecule has 0 aliphatic heterocycles. The molecule has 2 rings (SSSR count). The summed E-state index contributed by atoms with van der Waals surface area (Å²) >= 11 is 0. The Hall–Kier alpha value is -1.96. The molecule has 134 valence electrons. The third-order valence-electron chi connectivity index (χ3n) is 3.54. The molecule has 0 saturated carbocycles. The van der Waals surface area contributed by atoms with Gasteiger partial charge in [-0.2, -0.15) is 0 Å². The van der Waals surface area contributed by atoms with Gasteiger partial charge in [-0.15, -0.1) is 0 Å². The first-order valence-corrected chi connectivity index (χ1v) is 7.77. The van der Waals surface area contributed by atoms with Gasteiger partial charge >= 0.3 is 5.69 Å². The Bertz CT molecular complexity index is 988. The number of nitrogens with zero attached hydrogens (tertiary/aromatic N) is 4. The molecule has 0 amide bonds. The molecule has 0 aromatic carbocycles. The van der Waals surface area contributed by atoms with Crippen LogP contribution in [0.1, 0.15) is 46.9 Å². The SMILES string of the molecule is [2H]C([2H])([2H])n1c(=O)n(CCCCC(C)(C)F)c(=O)c2c1ncn2C([2H])([2H])OCC. The molecule has 0 aliphatic carbocycles. The number of fused-ring (bicyclic) bond motifs is 1. The maximum absolute atomic E-state index is 13.6. The summed E-state index contributed by atoms with van der Waals surface area (Å²) in [6, 6.07) is 0. The van der Waals surface area contributed by atoms with Crippen molar-refractivity contribution in [3.8, 4) is 0 Å². The smallest absolute Gasteiger partial charge is 0.332 e. The fraction of sp³-hybridized carbons (Fsp3) is 0.688. The van der Waals surface area contributed by atoms with Gasteiger partial charge < -0.3 is 9.30 Å². The van der Waals surface area contributed by atoms with Crippen molar-refractivity contribution in [3.63, 3.8) is 0 Å². The Morgan fingerprint density at radius 3 is 2.79 bits per heavy atom. The van der Waals surface area contributed by atoms with E-state index in [9.17, 15) is 14.0 Å². The van der Waals surface area contributed by atoms with E-state index in [0.29, 0.717) is 11.0 Å². The Kier molecular flexibility index (Phi) is 3.77. The highest BCUT2D eigenvalue weighted by atomic mass is 19.1. The predicted molar refractivity (Wildman–Crippen MR) is 89.9 cm³/mol. The average Bonchev–Trinajstić information content (AvgIpc) is 2.97. The zero-order valence-electron chi connectivity index (χ0n) is 19.0. The predicted octanol–water partition coefficient (Wildman–Crippen LogP) is 1.81. The zero-order valence-corrected chi connectivity index (χ0v) is 14.0. The van der Waals surface area contributed by atoms with Gasteiger partial charge in [0.2, 0.25) is 0 Å². The van der Waals surface area contributed by atoms with Crippen LogP contribution in [0, 0.1) is 0 Å². The molecule has 0 radical (unpaired) electrons. The molecule has 0 fully saturated rings. The van der Waals surface area contributed by atoms with Crippen LogP contribution in [-0.2, 0) is 24.9 Å². The van der Waals surface area contributed by atoms with E-state index in [4.69, 9.17) is 11.6 Å². The van der Waals surface area contributed by atoms with Crippen LogP contribution in [0.25, 0.3) is 11.2 Å². The van der Waals surface area contributed by atoms with E-state index in [2.05, 4.69) is 4.98 Å². The highest BCUT2D eigenvalue weighted by Crippen LogP contribution is 2.17. The first-order valence-electron chi connectivity index (χ1n) is 10.3. The zero-order chi connectivity index (χ0) is 22.2. The Balaban J connectivity index is 2.65. The normalized spacial score (nSPS) is 16.4. The lowest BCUT2D eigenvalue weighted by Gasteiger charge is -2.14. The highest BCUT2D eigenvalue weighted by Gasteiger charge is 2.17. The van der Waals surface area contributed by atoms with E-state index in [1.165, 1.54) is 13.8 Å². The number of aromatic nitrogens is 4. The summed E-state index contributed by atoms with van der Waals surface area (Å²) in [5, 5.41) is 0. The number of imidazole rings is 1. The molecule has 2 aromatic heterocycles. The minimum Gasteiger partial charge on any atom is -0.361 e. The first kappa shape index (κ1) is 12.4. The van der Waals surface area contributed by atoms with E-state index in [1.807, 2.05) is 0 Å². The molecule has 2 heterocycles. The summed E-state index contributed by atoms with van der Waals surface area (Å²) in [4.78, 5) is 29.5. The van der Waals surface area contributed by atoms with Gasteiger partial charge in [-0.25, -0.2) is 14.2 Å².